The number of aromatic hydroxyl groups is 1. The first kappa shape index (κ1) is 24.9. The second kappa shape index (κ2) is 8.56. The van der Waals surface area contributed by atoms with Crippen molar-refractivity contribution >= 4 is 11.6 Å². The van der Waals surface area contributed by atoms with Gasteiger partial charge in [0.1, 0.15) is 0 Å². The van der Waals surface area contributed by atoms with Gasteiger partial charge < -0.3 is 9.84 Å². The lowest BCUT2D eigenvalue weighted by molar-refractivity contribution is -0.140. The van der Waals surface area contributed by atoms with Crippen LogP contribution in [-0.4, -0.2) is 37.7 Å². The number of carbonyl (C=O) groups is 2. The Morgan fingerprint density at radius 2 is 1.69 bits per heavy atom. The molecule has 2 aromatic carbocycles. The van der Waals surface area contributed by atoms with Crippen molar-refractivity contribution in [2.24, 2.45) is 11.3 Å². The lowest BCUT2D eigenvalue weighted by Gasteiger charge is -2.53. The molecule has 0 saturated heterocycles. The van der Waals surface area contributed by atoms with E-state index in [4.69, 9.17) is 4.74 Å². The molecule has 0 spiro atoms. The Labute approximate surface area is 224 Å². The fraction of sp³-hybridized carbons (Fsp3) is 0.333. The van der Waals surface area contributed by atoms with Gasteiger partial charge in [-0.05, 0) is 66.8 Å². The van der Waals surface area contributed by atoms with E-state index in [0.717, 1.165) is 10.1 Å². The summed E-state index contributed by atoms with van der Waals surface area (Å²) in [5, 5.41) is 10.3. The molecule has 2 aliphatic carbocycles. The minimum absolute atomic E-state index is 0.0455. The number of hydrogen-bond donors (Lipinski definition) is 1. The number of hydrogen-bond acceptors (Lipinski definition) is 6. The Balaban J connectivity index is 1.61. The van der Waals surface area contributed by atoms with Gasteiger partial charge in [0.25, 0.3) is 0 Å². The van der Waals surface area contributed by atoms with E-state index in [1.807, 2.05) is 19.1 Å². The lowest BCUT2D eigenvalue weighted by atomic mass is 9.50. The molecule has 3 aromatic rings. The van der Waals surface area contributed by atoms with Crippen molar-refractivity contribution in [1.29, 1.82) is 0 Å². The van der Waals surface area contributed by atoms with E-state index in [0.29, 0.717) is 22.4 Å². The number of phenolic OH excluding ortho intramolecular Hbond substituents is 1. The number of allylic oxidation sites excluding steroid dienone is 4. The van der Waals surface area contributed by atoms with E-state index in [9.17, 15) is 24.3 Å². The second-order valence-corrected chi connectivity index (χ2v) is 10.8. The molecule has 0 unspecified atom stereocenters. The number of Topliss-reactive ketones (excluding diaryl/α,β-unsaturated/α-hetero) is 2. The summed E-state index contributed by atoms with van der Waals surface area (Å²) in [5.41, 5.74) is 0.727. The summed E-state index contributed by atoms with van der Waals surface area (Å²) in [6, 6.07) is 13.0. The summed E-state index contributed by atoms with van der Waals surface area (Å²) in [4.78, 5) is 55.1. The minimum Gasteiger partial charge on any atom is -0.504 e. The molecule has 6 rings (SSSR count). The summed E-state index contributed by atoms with van der Waals surface area (Å²) < 4.78 is 9.38. The number of ether oxygens (including phenoxy) is 1. The number of aromatic nitrogens is 3. The van der Waals surface area contributed by atoms with E-state index < -0.39 is 34.7 Å². The molecule has 9 nitrogen and oxygen atoms in total. The van der Waals surface area contributed by atoms with Crippen molar-refractivity contribution in [3.05, 3.63) is 97.9 Å². The third-order valence-electron chi connectivity index (χ3n) is 8.99. The number of rotatable bonds is 3. The van der Waals surface area contributed by atoms with E-state index in [2.05, 4.69) is 0 Å². The Kier molecular flexibility index (Phi) is 5.47. The maximum absolute atomic E-state index is 14.0. The zero-order valence-corrected chi connectivity index (χ0v) is 22.2. The van der Waals surface area contributed by atoms with Crippen LogP contribution in [0, 0.1) is 11.3 Å². The maximum Gasteiger partial charge on any atom is 0.352 e. The highest BCUT2D eigenvalue weighted by atomic mass is 16.5. The van der Waals surface area contributed by atoms with E-state index >= 15 is 0 Å². The van der Waals surface area contributed by atoms with Crippen molar-refractivity contribution in [3.63, 3.8) is 0 Å². The van der Waals surface area contributed by atoms with Crippen molar-refractivity contribution in [1.82, 2.24) is 13.9 Å². The predicted molar refractivity (Wildman–Crippen MR) is 143 cm³/mol. The third-order valence-corrected chi connectivity index (χ3v) is 8.99. The van der Waals surface area contributed by atoms with Gasteiger partial charge in [-0.25, -0.2) is 23.5 Å². The highest BCUT2D eigenvalue weighted by Crippen LogP contribution is 2.60. The van der Waals surface area contributed by atoms with Gasteiger partial charge in [0.05, 0.1) is 30.8 Å². The van der Waals surface area contributed by atoms with Gasteiger partial charge in [0.2, 0.25) is 0 Å². The van der Waals surface area contributed by atoms with Crippen molar-refractivity contribution < 1.29 is 19.4 Å². The first-order chi connectivity index (χ1) is 18.6. The first-order valence-electron chi connectivity index (χ1n) is 12.9. The summed E-state index contributed by atoms with van der Waals surface area (Å²) in [5.74, 6) is -1.35. The fourth-order valence-electron chi connectivity index (χ4n) is 6.89. The Morgan fingerprint density at radius 1 is 0.974 bits per heavy atom. The van der Waals surface area contributed by atoms with Gasteiger partial charge in [-0.3, -0.25) is 9.59 Å². The molecule has 39 heavy (non-hydrogen) atoms. The highest BCUT2D eigenvalue weighted by molar-refractivity contribution is 6.15. The Hall–Kier alpha value is -4.40. The van der Waals surface area contributed by atoms with Crippen LogP contribution in [-0.2, 0) is 16.1 Å². The number of methoxy groups -OCH3 is 1. The van der Waals surface area contributed by atoms with Crippen LogP contribution in [0.15, 0.2) is 80.9 Å². The summed E-state index contributed by atoms with van der Waals surface area (Å²) >= 11 is 0. The van der Waals surface area contributed by atoms with Crippen molar-refractivity contribution in [3.8, 4) is 17.2 Å². The minimum atomic E-state index is -1.13. The Bertz CT molecular complexity index is 1740. The standard InChI is InChI=1S/C30H29N3O6/c1-16-17(2)27(36)30(3)21(26(16)35)15-22-20(25(30)18-10-11-23(34)24(14-18)39-4)12-13-31-28(37)32(29(38)33(22)31)19-8-6-5-7-9-19/h5-12,14,21-22,25,34H,13,15H2,1-4H3/t21-,22+,25-,30+/m0/s1. The number of para-hydroxylation sites is 1. The molecule has 0 amide bonds. The molecule has 1 N–H and O–H groups in total. The number of nitrogens with zero attached hydrogens (tertiary/aromatic N) is 3. The fourth-order valence-corrected chi connectivity index (χ4v) is 6.89. The van der Waals surface area contributed by atoms with Gasteiger partial charge in [0.15, 0.2) is 23.1 Å². The lowest BCUT2D eigenvalue weighted by Crippen LogP contribution is -2.55. The molecule has 1 saturated carbocycles. The number of fused-ring (bicyclic) bond motifs is 4. The Morgan fingerprint density at radius 3 is 2.38 bits per heavy atom. The quantitative estimate of drug-likeness (QED) is 0.523. The van der Waals surface area contributed by atoms with Crippen LogP contribution < -0.4 is 16.1 Å². The maximum atomic E-state index is 14.0. The molecular formula is C30H29N3O6. The second-order valence-electron chi connectivity index (χ2n) is 10.8. The first-order valence-corrected chi connectivity index (χ1v) is 12.9. The highest BCUT2D eigenvalue weighted by Gasteiger charge is 2.60. The number of phenols is 1. The van der Waals surface area contributed by atoms with E-state index in [1.165, 1.54) is 22.5 Å². The molecule has 1 fully saturated rings. The number of carbonyl (C=O) groups excluding carboxylic acids is 2. The molecule has 3 aliphatic rings. The molecule has 0 bridgehead atoms. The van der Waals surface area contributed by atoms with Crippen molar-refractivity contribution in [2.75, 3.05) is 7.11 Å². The van der Waals surface area contributed by atoms with Crippen LogP contribution in [0.1, 0.15) is 44.7 Å². The zero-order chi connectivity index (χ0) is 27.8. The van der Waals surface area contributed by atoms with Crippen LogP contribution in [0.3, 0.4) is 0 Å². The van der Waals surface area contributed by atoms with Crippen molar-refractivity contribution in [2.45, 2.75) is 45.7 Å². The van der Waals surface area contributed by atoms with Crippen LogP contribution in [0.5, 0.6) is 11.5 Å². The van der Waals surface area contributed by atoms with Crippen LogP contribution in [0.4, 0.5) is 0 Å². The van der Waals surface area contributed by atoms with Crippen LogP contribution >= 0.6 is 0 Å². The molecule has 9 heteroatoms. The predicted octanol–water partition coefficient (Wildman–Crippen LogP) is 3.29. The molecule has 4 atom stereocenters. The molecule has 2 heterocycles. The van der Waals surface area contributed by atoms with Crippen LogP contribution in [0.25, 0.3) is 5.69 Å². The summed E-state index contributed by atoms with van der Waals surface area (Å²) in [7, 11) is 1.45. The molecular weight excluding hydrogens is 498 g/mol. The van der Waals surface area contributed by atoms with Gasteiger partial charge in [0, 0.05) is 11.8 Å². The summed E-state index contributed by atoms with van der Waals surface area (Å²) in [6.07, 6.45) is 2.12. The molecule has 1 aromatic heterocycles. The van der Waals surface area contributed by atoms with Gasteiger partial charge in [-0.2, -0.15) is 0 Å². The van der Waals surface area contributed by atoms with E-state index in [-0.39, 0.29) is 36.0 Å². The smallest absolute Gasteiger partial charge is 0.352 e. The summed E-state index contributed by atoms with van der Waals surface area (Å²) in [6.45, 7) is 5.33. The molecule has 0 radical (unpaired) electrons. The zero-order valence-electron chi connectivity index (χ0n) is 22.2. The van der Waals surface area contributed by atoms with Gasteiger partial charge >= 0.3 is 11.4 Å². The number of ketones is 2. The SMILES string of the molecule is COc1cc([C@H]2C3=CCn4c(=O)n(-c5ccccc5)c(=O)n4[C@@H]3C[C@H]3C(=O)C(C)=C(C)C(=O)[C@@]23C)ccc1O. The average Bonchev–Trinajstić information content (AvgIpc) is 3.20. The monoisotopic (exact) mass is 527 g/mol. The number of benzene rings is 2. The van der Waals surface area contributed by atoms with Gasteiger partial charge in [-0.15, -0.1) is 0 Å². The average molecular weight is 528 g/mol. The normalized spacial score (nSPS) is 26.1. The third kappa shape index (κ3) is 3.25. The molecule has 200 valence electrons. The van der Waals surface area contributed by atoms with E-state index in [1.54, 1.807) is 50.2 Å². The van der Waals surface area contributed by atoms with Crippen LogP contribution in [0.2, 0.25) is 0 Å². The topological polar surface area (TPSA) is 113 Å². The van der Waals surface area contributed by atoms with Gasteiger partial charge in [-0.1, -0.05) is 37.3 Å². The molecule has 1 aliphatic heterocycles. The largest absolute Gasteiger partial charge is 0.504 e.